The van der Waals surface area contributed by atoms with Crippen molar-refractivity contribution in [2.24, 2.45) is 12.0 Å². The fourth-order valence-electron chi connectivity index (χ4n) is 1.98. The molecule has 9 heteroatoms. The van der Waals surface area contributed by atoms with Gasteiger partial charge in [-0.05, 0) is 18.4 Å². The average molecular weight is 345 g/mol. The monoisotopic (exact) mass is 345 g/mol. The van der Waals surface area contributed by atoms with Gasteiger partial charge in [-0.2, -0.15) is 18.3 Å². The third-order valence-corrected chi connectivity index (χ3v) is 3.81. The zero-order valence-electron chi connectivity index (χ0n) is 12.8. The third-order valence-electron chi connectivity index (χ3n) is 2.93. The van der Waals surface area contributed by atoms with Crippen molar-refractivity contribution in [3.63, 3.8) is 0 Å². The van der Waals surface area contributed by atoms with Gasteiger partial charge in [-0.3, -0.25) is 4.68 Å². The highest BCUT2D eigenvalue weighted by Gasteiger charge is 2.36. The molecule has 23 heavy (non-hydrogen) atoms. The first kappa shape index (κ1) is 17.3. The van der Waals surface area contributed by atoms with Crippen molar-refractivity contribution in [2.75, 3.05) is 6.54 Å². The molecular weight excluding hydrogens is 327 g/mol. The Balaban J connectivity index is 2.08. The van der Waals surface area contributed by atoms with E-state index in [4.69, 9.17) is 0 Å². The molecule has 0 bridgehead atoms. The molecule has 0 fully saturated rings. The Labute approximate surface area is 136 Å². The summed E-state index contributed by atoms with van der Waals surface area (Å²) in [6.07, 6.45) is -3.13. The van der Waals surface area contributed by atoms with Gasteiger partial charge in [0, 0.05) is 30.2 Å². The van der Waals surface area contributed by atoms with Gasteiger partial charge in [0.25, 0.3) is 0 Å². The van der Waals surface area contributed by atoms with Crippen LogP contribution in [-0.2, 0) is 26.3 Å². The fourth-order valence-corrected chi connectivity index (χ4v) is 2.63. The van der Waals surface area contributed by atoms with Crippen LogP contribution in [0.3, 0.4) is 0 Å². The number of guanidine groups is 1. The zero-order chi connectivity index (χ0) is 16.9. The Morgan fingerprint density at radius 3 is 2.78 bits per heavy atom. The molecule has 0 aliphatic carbocycles. The highest BCUT2D eigenvalue weighted by molar-refractivity contribution is 7.09. The van der Waals surface area contributed by atoms with Crippen LogP contribution >= 0.6 is 11.3 Å². The summed E-state index contributed by atoms with van der Waals surface area (Å²) in [4.78, 5) is 5.33. The molecule has 2 N–H and O–H groups in total. The van der Waals surface area contributed by atoms with Crippen LogP contribution in [0.1, 0.15) is 23.1 Å². The van der Waals surface area contributed by atoms with Crippen LogP contribution < -0.4 is 10.6 Å². The smallest absolute Gasteiger partial charge is 0.357 e. The highest BCUT2D eigenvalue weighted by atomic mass is 32.1. The van der Waals surface area contributed by atoms with E-state index in [-0.39, 0.29) is 12.1 Å². The van der Waals surface area contributed by atoms with Crippen LogP contribution in [0.25, 0.3) is 0 Å². The number of alkyl halides is 3. The van der Waals surface area contributed by atoms with Gasteiger partial charge in [0.1, 0.15) is 0 Å². The van der Waals surface area contributed by atoms with Crippen molar-refractivity contribution in [3.8, 4) is 0 Å². The molecule has 0 aliphatic heterocycles. The first-order valence-corrected chi connectivity index (χ1v) is 7.92. The number of nitrogens with zero attached hydrogens (tertiary/aromatic N) is 3. The van der Waals surface area contributed by atoms with Crippen LogP contribution in [0.5, 0.6) is 0 Å². The molecule has 0 unspecified atom stereocenters. The van der Waals surface area contributed by atoms with Crippen molar-refractivity contribution in [1.29, 1.82) is 0 Å². The number of aromatic nitrogens is 2. The molecule has 2 aromatic rings. The molecule has 0 saturated carbocycles. The van der Waals surface area contributed by atoms with Gasteiger partial charge >= 0.3 is 6.18 Å². The van der Waals surface area contributed by atoms with E-state index in [1.807, 2.05) is 24.4 Å². The first-order chi connectivity index (χ1) is 10.9. The second-order valence-electron chi connectivity index (χ2n) is 4.80. The molecule has 2 aromatic heterocycles. The SMILES string of the molecule is CCNC(=NCc1cn(C)nc1C(F)(F)F)NCc1cccs1. The lowest BCUT2D eigenvalue weighted by Gasteiger charge is -2.10. The van der Waals surface area contributed by atoms with E-state index >= 15 is 0 Å². The lowest BCUT2D eigenvalue weighted by atomic mass is 10.2. The summed E-state index contributed by atoms with van der Waals surface area (Å²) in [5.74, 6) is 0.470. The summed E-state index contributed by atoms with van der Waals surface area (Å²) in [5, 5.41) is 11.6. The molecule has 2 rings (SSSR count). The number of nitrogens with one attached hydrogen (secondary N) is 2. The summed E-state index contributed by atoms with van der Waals surface area (Å²) < 4.78 is 39.9. The van der Waals surface area contributed by atoms with E-state index in [9.17, 15) is 13.2 Å². The second-order valence-corrected chi connectivity index (χ2v) is 5.83. The summed E-state index contributed by atoms with van der Waals surface area (Å²) >= 11 is 1.60. The standard InChI is InChI=1S/C14H18F3N5S/c1-3-18-13(20-8-11-5-4-6-23-11)19-7-10-9-22(2)21-12(10)14(15,16)17/h4-6,9H,3,7-8H2,1-2H3,(H2,18,19,20). The van der Waals surface area contributed by atoms with Gasteiger partial charge in [-0.15, -0.1) is 11.3 Å². The maximum Gasteiger partial charge on any atom is 0.435 e. The van der Waals surface area contributed by atoms with Crippen LogP contribution in [0.2, 0.25) is 0 Å². The topological polar surface area (TPSA) is 54.2 Å². The van der Waals surface area contributed by atoms with E-state index in [1.165, 1.54) is 13.2 Å². The number of thiophene rings is 1. The van der Waals surface area contributed by atoms with Gasteiger partial charge in [-0.1, -0.05) is 6.07 Å². The second kappa shape index (κ2) is 7.49. The van der Waals surface area contributed by atoms with E-state index < -0.39 is 11.9 Å². The minimum atomic E-state index is -4.48. The van der Waals surface area contributed by atoms with Crippen molar-refractivity contribution >= 4 is 17.3 Å². The normalized spacial score (nSPS) is 12.5. The zero-order valence-corrected chi connectivity index (χ0v) is 13.6. The number of halogens is 3. The van der Waals surface area contributed by atoms with Crippen molar-refractivity contribution in [1.82, 2.24) is 20.4 Å². The Bertz CT molecular complexity index is 646. The Morgan fingerprint density at radius 1 is 1.39 bits per heavy atom. The largest absolute Gasteiger partial charge is 0.435 e. The molecule has 5 nitrogen and oxygen atoms in total. The lowest BCUT2D eigenvalue weighted by Crippen LogP contribution is -2.36. The van der Waals surface area contributed by atoms with Crippen LogP contribution in [0, 0.1) is 0 Å². The van der Waals surface area contributed by atoms with Gasteiger partial charge < -0.3 is 10.6 Å². The predicted octanol–water partition coefficient (Wildman–Crippen LogP) is 2.76. The van der Waals surface area contributed by atoms with E-state index in [2.05, 4.69) is 20.7 Å². The van der Waals surface area contributed by atoms with E-state index in [1.54, 1.807) is 11.3 Å². The molecule has 0 aliphatic rings. The minimum Gasteiger partial charge on any atom is -0.357 e. The predicted molar refractivity (Wildman–Crippen MR) is 84.2 cm³/mol. The molecule has 0 radical (unpaired) electrons. The number of aryl methyl sites for hydroxylation is 1. The molecule has 0 saturated heterocycles. The Hall–Kier alpha value is -2.03. The van der Waals surface area contributed by atoms with Crippen molar-refractivity contribution in [2.45, 2.75) is 26.2 Å². The fraction of sp³-hybridized carbons (Fsp3) is 0.429. The van der Waals surface area contributed by atoms with Crippen LogP contribution in [0.15, 0.2) is 28.7 Å². The molecule has 2 heterocycles. The van der Waals surface area contributed by atoms with Crippen LogP contribution in [0.4, 0.5) is 13.2 Å². The number of rotatable bonds is 5. The number of aliphatic imine (C=N–C) groups is 1. The maximum absolute atomic E-state index is 12.9. The molecule has 126 valence electrons. The summed E-state index contributed by atoms with van der Waals surface area (Å²) in [5.41, 5.74) is -0.841. The highest BCUT2D eigenvalue weighted by Crippen LogP contribution is 2.30. The van der Waals surface area contributed by atoms with Crippen LogP contribution in [-0.4, -0.2) is 22.3 Å². The minimum absolute atomic E-state index is 0.0494. The Morgan fingerprint density at radius 2 is 2.17 bits per heavy atom. The van der Waals surface area contributed by atoms with E-state index in [0.717, 1.165) is 9.56 Å². The summed E-state index contributed by atoms with van der Waals surface area (Å²) in [7, 11) is 1.46. The molecule has 0 amide bonds. The molecule has 0 atom stereocenters. The molecule has 0 aromatic carbocycles. The third kappa shape index (κ3) is 4.98. The molecule has 0 spiro atoms. The summed E-state index contributed by atoms with van der Waals surface area (Å²) in [6, 6.07) is 3.92. The average Bonchev–Trinajstić information content (AvgIpc) is 3.10. The van der Waals surface area contributed by atoms with Crippen molar-refractivity contribution < 1.29 is 13.2 Å². The lowest BCUT2D eigenvalue weighted by molar-refractivity contribution is -0.142. The quantitative estimate of drug-likeness (QED) is 0.647. The summed E-state index contributed by atoms with van der Waals surface area (Å²) in [6.45, 7) is 2.99. The van der Waals surface area contributed by atoms with E-state index in [0.29, 0.717) is 19.0 Å². The van der Waals surface area contributed by atoms with Gasteiger partial charge in [0.05, 0.1) is 13.1 Å². The van der Waals surface area contributed by atoms with Gasteiger partial charge in [0.2, 0.25) is 0 Å². The maximum atomic E-state index is 12.9. The number of hydrogen-bond donors (Lipinski definition) is 2. The Kier molecular flexibility index (Phi) is 5.64. The van der Waals surface area contributed by atoms with Gasteiger partial charge in [-0.25, -0.2) is 4.99 Å². The van der Waals surface area contributed by atoms with Gasteiger partial charge in [0.15, 0.2) is 11.7 Å². The van der Waals surface area contributed by atoms with Crippen molar-refractivity contribution in [3.05, 3.63) is 39.8 Å². The first-order valence-electron chi connectivity index (χ1n) is 7.04. The number of hydrogen-bond acceptors (Lipinski definition) is 3. The molecular formula is C14H18F3N5S.